The molecule has 0 aliphatic heterocycles. The average Bonchev–Trinajstić information content (AvgIpc) is 2.29. The number of Topliss-reactive ketones (excluding diaryl/α,β-unsaturated/α-hetero) is 1. The number of rotatable bonds is 6. The standard InChI is InChI=1S/C13H16OS/c1-3-4-10-15-11(2)13(14)12-8-6-5-7-9-12/h5-9H,2-4,10H2,1H3. The second kappa shape index (κ2) is 6.46. The topological polar surface area (TPSA) is 17.1 Å². The molecule has 0 saturated heterocycles. The molecule has 0 amide bonds. The van der Waals surface area contributed by atoms with Crippen LogP contribution in [0.25, 0.3) is 0 Å². The maximum atomic E-state index is 11.8. The maximum Gasteiger partial charge on any atom is 0.198 e. The molecule has 1 aromatic carbocycles. The summed E-state index contributed by atoms with van der Waals surface area (Å²) in [5, 5.41) is 0. The first-order chi connectivity index (χ1) is 7.25. The molecule has 1 nitrogen and oxygen atoms in total. The third-order valence-electron chi connectivity index (χ3n) is 2.06. The number of ketones is 1. The van der Waals surface area contributed by atoms with Gasteiger partial charge in [-0.2, -0.15) is 0 Å². The molecule has 0 aliphatic carbocycles. The lowest BCUT2D eigenvalue weighted by Gasteiger charge is -2.03. The Morgan fingerprint density at radius 2 is 2.00 bits per heavy atom. The van der Waals surface area contributed by atoms with Crippen molar-refractivity contribution in [3.8, 4) is 0 Å². The normalized spacial score (nSPS) is 9.93. The Morgan fingerprint density at radius 1 is 1.33 bits per heavy atom. The fourth-order valence-corrected chi connectivity index (χ4v) is 2.08. The number of thioether (sulfide) groups is 1. The van der Waals surface area contributed by atoms with Gasteiger partial charge in [-0.05, 0) is 12.2 Å². The van der Waals surface area contributed by atoms with Gasteiger partial charge in [0.25, 0.3) is 0 Å². The van der Waals surface area contributed by atoms with E-state index >= 15 is 0 Å². The fourth-order valence-electron chi connectivity index (χ4n) is 1.16. The molecule has 0 bridgehead atoms. The summed E-state index contributed by atoms with van der Waals surface area (Å²) in [5.41, 5.74) is 0.728. The Kier molecular flexibility index (Phi) is 5.19. The van der Waals surface area contributed by atoms with Gasteiger partial charge in [-0.1, -0.05) is 50.3 Å². The van der Waals surface area contributed by atoms with Gasteiger partial charge in [-0.25, -0.2) is 0 Å². The molecule has 0 spiro atoms. The second-order valence-corrected chi connectivity index (χ2v) is 4.51. The predicted molar refractivity (Wildman–Crippen MR) is 67.3 cm³/mol. The molecule has 0 heterocycles. The molecule has 0 fully saturated rings. The van der Waals surface area contributed by atoms with E-state index in [9.17, 15) is 4.79 Å². The molecule has 0 unspecified atom stereocenters. The number of hydrogen-bond acceptors (Lipinski definition) is 2. The summed E-state index contributed by atoms with van der Waals surface area (Å²) < 4.78 is 0. The zero-order chi connectivity index (χ0) is 11.1. The number of benzene rings is 1. The smallest absolute Gasteiger partial charge is 0.198 e. The van der Waals surface area contributed by atoms with Crippen LogP contribution in [0.2, 0.25) is 0 Å². The number of carbonyl (C=O) groups is 1. The van der Waals surface area contributed by atoms with E-state index in [0.29, 0.717) is 4.91 Å². The highest BCUT2D eigenvalue weighted by atomic mass is 32.2. The van der Waals surface area contributed by atoms with Gasteiger partial charge >= 0.3 is 0 Å². The maximum absolute atomic E-state index is 11.8. The van der Waals surface area contributed by atoms with Crippen molar-refractivity contribution in [1.82, 2.24) is 0 Å². The quantitative estimate of drug-likeness (QED) is 0.410. The fraction of sp³-hybridized carbons (Fsp3) is 0.308. The molecule has 1 rings (SSSR count). The molecule has 0 N–H and O–H groups in total. The van der Waals surface area contributed by atoms with E-state index in [-0.39, 0.29) is 5.78 Å². The summed E-state index contributed by atoms with van der Waals surface area (Å²) >= 11 is 1.56. The minimum atomic E-state index is 0.0525. The minimum Gasteiger partial charge on any atom is -0.288 e. The number of carbonyl (C=O) groups excluding carboxylic acids is 1. The van der Waals surface area contributed by atoms with E-state index in [1.807, 2.05) is 30.3 Å². The van der Waals surface area contributed by atoms with Crippen LogP contribution >= 0.6 is 11.8 Å². The molecule has 2 heteroatoms. The van der Waals surface area contributed by atoms with Crippen LogP contribution in [0.15, 0.2) is 41.8 Å². The molecule has 15 heavy (non-hydrogen) atoms. The molecule has 1 aromatic rings. The van der Waals surface area contributed by atoms with Gasteiger partial charge in [-0.3, -0.25) is 4.79 Å². The third-order valence-corrected chi connectivity index (χ3v) is 3.09. The van der Waals surface area contributed by atoms with Crippen molar-refractivity contribution in [3.63, 3.8) is 0 Å². The van der Waals surface area contributed by atoms with Gasteiger partial charge in [0.2, 0.25) is 0 Å². The van der Waals surface area contributed by atoms with Crippen LogP contribution < -0.4 is 0 Å². The Bertz CT molecular complexity index is 330. The number of unbranched alkanes of at least 4 members (excludes halogenated alkanes) is 1. The van der Waals surface area contributed by atoms with E-state index in [1.54, 1.807) is 11.8 Å². The molecular formula is C13H16OS. The first-order valence-electron chi connectivity index (χ1n) is 5.17. The molecule has 0 atom stereocenters. The molecular weight excluding hydrogens is 204 g/mol. The van der Waals surface area contributed by atoms with E-state index in [0.717, 1.165) is 24.2 Å². The van der Waals surface area contributed by atoms with Crippen LogP contribution in [0, 0.1) is 0 Å². The van der Waals surface area contributed by atoms with E-state index < -0.39 is 0 Å². The summed E-state index contributed by atoms with van der Waals surface area (Å²) in [7, 11) is 0. The van der Waals surface area contributed by atoms with Crippen molar-refractivity contribution < 1.29 is 4.79 Å². The van der Waals surface area contributed by atoms with Gasteiger partial charge in [0.15, 0.2) is 5.78 Å². The summed E-state index contributed by atoms with van der Waals surface area (Å²) in [5.74, 6) is 1.03. The van der Waals surface area contributed by atoms with Crippen molar-refractivity contribution >= 4 is 17.5 Å². The van der Waals surface area contributed by atoms with Crippen LogP contribution in [0.3, 0.4) is 0 Å². The van der Waals surface area contributed by atoms with Crippen molar-refractivity contribution in [3.05, 3.63) is 47.4 Å². The Morgan fingerprint density at radius 3 is 2.60 bits per heavy atom. The van der Waals surface area contributed by atoms with Crippen molar-refractivity contribution in [2.24, 2.45) is 0 Å². The SMILES string of the molecule is C=C(SCCCC)C(=O)c1ccccc1. The van der Waals surface area contributed by atoms with Gasteiger partial charge in [0.1, 0.15) is 0 Å². The van der Waals surface area contributed by atoms with Crippen molar-refractivity contribution in [1.29, 1.82) is 0 Å². The Hall–Kier alpha value is -1.02. The third kappa shape index (κ3) is 3.92. The lowest BCUT2D eigenvalue weighted by molar-refractivity contribution is 0.104. The molecule has 0 saturated carbocycles. The lowest BCUT2D eigenvalue weighted by atomic mass is 10.1. The molecule has 80 valence electrons. The summed E-state index contributed by atoms with van der Waals surface area (Å²) in [6.45, 7) is 5.96. The summed E-state index contributed by atoms with van der Waals surface area (Å²) in [4.78, 5) is 12.5. The zero-order valence-electron chi connectivity index (χ0n) is 9.03. The summed E-state index contributed by atoms with van der Waals surface area (Å²) in [6, 6.07) is 9.31. The van der Waals surface area contributed by atoms with Crippen LogP contribution in [-0.2, 0) is 0 Å². The van der Waals surface area contributed by atoms with Crippen LogP contribution in [0.4, 0.5) is 0 Å². The highest BCUT2D eigenvalue weighted by Gasteiger charge is 2.09. The first kappa shape index (κ1) is 12.1. The molecule has 0 aliphatic rings. The Balaban J connectivity index is 2.50. The van der Waals surface area contributed by atoms with Gasteiger partial charge in [0, 0.05) is 10.5 Å². The average molecular weight is 220 g/mol. The van der Waals surface area contributed by atoms with Crippen molar-refractivity contribution in [2.75, 3.05) is 5.75 Å². The molecule has 0 radical (unpaired) electrons. The Labute approximate surface area is 95.6 Å². The van der Waals surface area contributed by atoms with Crippen LogP contribution in [-0.4, -0.2) is 11.5 Å². The first-order valence-corrected chi connectivity index (χ1v) is 6.15. The van der Waals surface area contributed by atoms with Gasteiger partial charge < -0.3 is 0 Å². The largest absolute Gasteiger partial charge is 0.288 e. The van der Waals surface area contributed by atoms with E-state index in [2.05, 4.69) is 13.5 Å². The summed E-state index contributed by atoms with van der Waals surface area (Å²) in [6.07, 6.45) is 2.28. The molecule has 0 aromatic heterocycles. The number of allylic oxidation sites excluding steroid dienone is 1. The van der Waals surface area contributed by atoms with E-state index in [4.69, 9.17) is 0 Å². The van der Waals surface area contributed by atoms with Gasteiger partial charge in [-0.15, -0.1) is 11.8 Å². The minimum absolute atomic E-state index is 0.0525. The van der Waals surface area contributed by atoms with Crippen LogP contribution in [0.1, 0.15) is 30.1 Å². The monoisotopic (exact) mass is 220 g/mol. The van der Waals surface area contributed by atoms with Crippen molar-refractivity contribution in [2.45, 2.75) is 19.8 Å². The predicted octanol–water partition coefficient (Wildman–Crippen LogP) is 3.92. The highest BCUT2D eigenvalue weighted by Crippen LogP contribution is 2.19. The number of hydrogen-bond donors (Lipinski definition) is 0. The lowest BCUT2D eigenvalue weighted by Crippen LogP contribution is -1.99. The van der Waals surface area contributed by atoms with Crippen LogP contribution in [0.5, 0.6) is 0 Å². The zero-order valence-corrected chi connectivity index (χ0v) is 9.85. The second-order valence-electron chi connectivity index (χ2n) is 3.32. The highest BCUT2D eigenvalue weighted by molar-refractivity contribution is 8.04. The van der Waals surface area contributed by atoms with Gasteiger partial charge in [0.05, 0.1) is 0 Å². The van der Waals surface area contributed by atoms with E-state index in [1.165, 1.54) is 0 Å².